The molecule has 0 aliphatic rings. The molecule has 0 unspecified atom stereocenters. The minimum atomic E-state index is -2.77. The molecule has 0 radical (unpaired) electrons. The molecular formula is C24H21OP. The van der Waals surface area contributed by atoms with Crippen molar-refractivity contribution in [1.82, 2.24) is 0 Å². The van der Waals surface area contributed by atoms with E-state index in [1.54, 1.807) is 0 Å². The van der Waals surface area contributed by atoms with E-state index in [1.807, 2.05) is 60.7 Å². The van der Waals surface area contributed by atoms with Gasteiger partial charge in [-0.3, -0.25) is 0 Å². The van der Waals surface area contributed by atoms with Crippen molar-refractivity contribution >= 4 is 28.5 Å². The monoisotopic (exact) mass is 356 g/mol. The van der Waals surface area contributed by atoms with Gasteiger partial charge in [-0.05, 0) is 28.8 Å². The Hall–Kier alpha value is -2.63. The molecule has 128 valence electrons. The largest absolute Gasteiger partial charge is 0.313 e. The summed E-state index contributed by atoms with van der Waals surface area (Å²) >= 11 is 0. The lowest BCUT2D eigenvalue weighted by molar-refractivity contribution is 0.586. The van der Waals surface area contributed by atoms with E-state index in [1.165, 1.54) is 16.3 Å². The quantitative estimate of drug-likeness (QED) is 0.431. The standard InChI is InChI=1S/C24H21OP/c1-19-16-17-20(24-15-9-8-14-23(19)24)18-26(25,21-10-4-2-5-11-21)22-12-6-3-7-13-22/h2-17H,18H2,1H3. The Labute approximate surface area is 154 Å². The van der Waals surface area contributed by atoms with E-state index in [9.17, 15) is 4.57 Å². The predicted molar refractivity (Wildman–Crippen MR) is 112 cm³/mol. The average Bonchev–Trinajstić information content (AvgIpc) is 2.71. The lowest BCUT2D eigenvalue weighted by Crippen LogP contribution is -2.17. The Kier molecular flexibility index (Phi) is 4.49. The Morgan fingerprint density at radius 2 is 1.12 bits per heavy atom. The highest BCUT2D eigenvalue weighted by Crippen LogP contribution is 2.48. The molecule has 0 atom stereocenters. The molecule has 0 aliphatic carbocycles. The van der Waals surface area contributed by atoms with Gasteiger partial charge in [-0.1, -0.05) is 97.1 Å². The van der Waals surface area contributed by atoms with Gasteiger partial charge in [-0.15, -0.1) is 0 Å². The molecule has 26 heavy (non-hydrogen) atoms. The van der Waals surface area contributed by atoms with Crippen molar-refractivity contribution in [3.63, 3.8) is 0 Å². The van der Waals surface area contributed by atoms with Crippen LogP contribution in [0.4, 0.5) is 0 Å². The molecule has 0 saturated carbocycles. The van der Waals surface area contributed by atoms with Crippen LogP contribution in [0, 0.1) is 6.92 Å². The average molecular weight is 356 g/mol. The molecule has 0 N–H and O–H groups in total. The third-order valence-corrected chi connectivity index (χ3v) is 8.02. The van der Waals surface area contributed by atoms with Crippen LogP contribution >= 0.6 is 7.14 Å². The fourth-order valence-electron chi connectivity index (χ4n) is 3.56. The predicted octanol–water partition coefficient (Wildman–Crippen LogP) is 5.66. The van der Waals surface area contributed by atoms with E-state index >= 15 is 0 Å². The van der Waals surface area contributed by atoms with Crippen LogP contribution in [-0.4, -0.2) is 0 Å². The summed E-state index contributed by atoms with van der Waals surface area (Å²) in [6, 6.07) is 32.5. The fourth-order valence-corrected chi connectivity index (χ4v) is 6.29. The van der Waals surface area contributed by atoms with Crippen LogP contribution in [0.2, 0.25) is 0 Å². The number of benzene rings is 4. The molecule has 0 aliphatic heterocycles. The van der Waals surface area contributed by atoms with Crippen molar-refractivity contribution in [3.8, 4) is 0 Å². The van der Waals surface area contributed by atoms with Gasteiger partial charge >= 0.3 is 0 Å². The summed E-state index contributed by atoms with van der Waals surface area (Å²) in [6.07, 6.45) is 0.530. The molecule has 1 nitrogen and oxygen atoms in total. The third kappa shape index (κ3) is 3.00. The van der Waals surface area contributed by atoms with Gasteiger partial charge in [-0.2, -0.15) is 0 Å². The van der Waals surface area contributed by atoms with Gasteiger partial charge in [0.15, 0.2) is 0 Å². The number of aryl methyl sites for hydroxylation is 1. The van der Waals surface area contributed by atoms with Crippen LogP contribution in [0.1, 0.15) is 11.1 Å². The number of fused-ring (bicyclic) bond motifs is 1. The highest BCUT2D eigenvalue weighted by molar-refractivity contribution is 7.78. The summed E-state index contributed by atoms with van der Waals surface area (Å²) in [5.41, 5.74) is 2.39. The van der Waals surface area contributed by atoms with Crippen molar-refractivity contribution in [1.29, 1.82) is 0 Å². The molecule has 4 aromatic rings. The first-order valence-corrected chi connectivity index (χ1v) is 10.8. The van der Waals surface area contributed by atoms with E-state index < -0.39 is 7.14 Å². The first kappa shape index (κ1) is 16.8. The summed E-state index contributed by atoms with van der Waals surface area (Å²) < 4.78 is 14.3. The second kappa shape index (κ2) is 6.94. The SMILES string of the molecule is Cc1ccc(CP(=O)(c2ccccc2)c2ccccc2)c2ccccc12. The normalized spacial score (nSPS) is 11.6. The number of hydrogen-bond acceptors (Lipinski definition) is 1. The van der Waals surface area contributed by atoms with E-state index in [0.717, 1.165) is 16.2 Å². The molecule has 0 fully saturated rings. The summed E-state index contributed by atoms with van der Waals surface area (Å²) in [5, 5.41) is 4.25. The summed E-state index contributed by atoms with van der Waals surface area (Å²) in [4.78, 5) is 0. The lowest BCUT2D eigenvalue weighted by atomic mass is 10.0. The first-order valence-electron chi connectivity index (χ1n) is 8.86. The van der Waals surface area contributed by atoms with Gasteiger partial charge in [0.1, 0.15) is 7.14 Å². The molecule has 2 heteroatoms. The molecular weight excluding hydrogens is 335 g/mol. The Bertz CT molecular complexity index is 1040. The fraction of sp³-hybridized carbons (Fsp3) is 0.0833. The Morgan fingerprint density at radius 3 is 1.69 bits per heavy atom. The maximum Gasteiger partial charge on any atom is 0.147 e. The molecule has 0 aromatic heterocycles. The van der Waals surface area contributed by atoms with Crippen LogP contribution in [0.25, 0.3) is 10.8 Å². The highest BCUT2D eigenvalue weighted by atomic mass is 31.2. The number of rotatable bonds is 4. The molecule has 0 amide bonds. The van der Waals surface area contributed by atoms with Crippen LogP contribution in [0.5, 0.6) is 0 Å². The molecule has 0 bridgehead atoms. The maximum absolute atomic E-state index is 14.3. The van der Waals surface area contributed by atoms with Gasteiger partial charge in [-0.25, -0.2) is 0 Å². The van der Waals surface area contributed by atoms with Crippen LogP contribution < -0.4 is 10.6 Å². The van der Waals surface area contributed by atoms with Crippen molar-refractivity contribution in [2.45, 2.75) is 13.1 Å². The van der Waals surface area contributed by atoms with Gasteiger partial charge in [0.25, 0.3) is 0 Å². The summed E-state index contributed by atoms with van der Waals surface area (Å²) in [7, 11) is -2.77. The van der Waals surface area contributed by atoms with Crippen molar-refractivity contribution in [3.05, 3.63) is 108 Å². The summed E-state index contributed by atoms with van der Waals surface area (Å²) in [6.45, 7) is 2.13. The van der Waals surface area contributed by atoms with Crippen LogP contribution in [-0.2, 0) is 10.7 Å². The third-order valence-electron chi connectivity index (χ3n) is 4.97. The van der Waals surface area contributed by atoms with Crippen LogP contribution in [0.3, 0.4) is 0 Å². The zero-order valence-corrected chi connectivity index (χ0v) is 15.7. The van der Waals surface area contributed by atoms with Gasteiger partial charge in [0.2, 0.25) is 0 Å². The van der Waals surface area contributed by atoms with Crippen molar-refractivity contribution in [2.75, 3.05) is 0 Å². The van der Waals surface area contributed by atoms with Crippen molar-refractivity contribution < 1.29 is 4.57 Å². The second-order valence-corrected chi connectivity index (χ2v) is 9.48. The molecule has 4 rings (SSSR count). The molecule has 0 saturated heterocycles. The maximum atomic E-state index is 14.3. The zero-order chi connectivity index (χ0) is 18.0. The first-order chi connectivity index (χ1) is 12.7. The second-order valence-electron chi connectivity index (χ2n) is 6.66. The van der Waals surface area contributed by atoms with Crippen molar-refractivity contribution in [2.24, 2.45) is 0 Å². The van der Waals surface area contributed by atoms with Gasteiger partial charge in [0.05, 0.1) is 0 Å². The van der Waals surface area contributed by atoms with Gasteiger partial charge < -0.3 is 4.57 Å². The van der Waals surface area contributed by atoms with E-state index in [4.69, 9.17) is 0 Å². The van der Waals surface area contributed by atoms with E-state index in [2.05, 4.69) is 43.3 Å². The molecule has 0 heterocycles. The zero-order valence-electron chi connectivity index (χ0n) is 14.8. The van der Waals surface area contributed by atoms with Gasteiger partial charge in [0, 0.05) is 16.8 Å². The Balaban J connectivity index is 1.90. The van der Waals surface area contributed by atoms with Crippen LogP contribution in [0.15, 0.2) is 97.1 Å². The Morgan fingerprint density at radius 1 is 0.615 bits per heavy atom. The highest BCUT2D eigenvalue weighted by Gasteiger charge is 2.28. The number of hydrogen-bond donors (Lipinski definition) is 0. The lowest BCUT2D eigenvalue weighted by Gasteiger charge is -2.21. The minimum Gasteiger partial charge on any atom is -0.313 e. The molecule has 4 aromatic carbocycles. The van der Waals surface area contributed by atoms with E-state index in [-0.39, 0.29) is 0 Å². The minimum absolute atomic E-state index is 0.530. The molecule has 0 spiro atoms. The van der Waals surface area contributed by atoms with E-state index in [0.29, 0.717) is 6.16 Å². The summed E-state index contributed by atoms with van der Waals surface area (Å²) in [5.74, 6) is 0. The topological polar surface area (TPSA) is 17.1 Å². The smallest absolute Gasteiger partial charge is 0.147 e.